The summed E-state index contributed by atoms with van der Waals surface area (Å²) in [6.07, 6.45) is 3.09. The first-order valence-corrected chi connectivity index (χ1v) is 11.2. The van der Waals surface area contributed by atoms with Crippen LogP contribution < -0.4 is 0 Å². The number of hydrogen-bond donors (Lipinski definition) is 0. The Labute approximate surface area is 122 Å². The molecule has 0 saturated carbocycles. The molecule has 0 aromatic heterocycles. The van der Waals surface area contributed by atoms with Gasteiger partial charge < -0.3 is 4.43 Å². The van der Waals surface area contributed by atoms with Crippen LogP contribution in [0.3, 0.4) is 0 Å². The second-order valence-corrected chi connectivity index (χ2v) is 11.5. The number of rotatable bonds is 5. The minimum absolute atomic E-state index is 0.408. The zero-order chi connectivity index (χ0) is 13.9. The van der Waals surface area contributed by atoms with E-state index in [0.29, 0.717) is 0 Å². The largest absolute Gasteiger partial charge is 0.387 e. The van der Waals surface area contributed by atoms with Gasteiger partial charge >= 0.3 is 0 Å². The van der Waals surface area contributed by atoms with E-state index < -0.39 is 14.1 Å². The van der Waals surface area contributed by atoms with E-state index in [0.717, 1.165) is 24.7 Å². The lowest BCUT2D eigenvalue weighted by molar-refractivity contribution is -0.131. The number of ether oxygens (including phenoxy) is 1. The summed E-state index contributed by atoms with van der Waals surface area (Å²) in [6, 6.07) is 10.5. The Balaban J connectivity index is 2.03. The van der Waals surface area contributed by atoms with E-state index in [1.807, 2.05) is 17.8 Å². The molecule has 0 radical (unpaired) electrons. The van der Waals surface area contributed by atoms with Crippen LogP contribution in [0.4, 0.5) is 0 Å². The van der Waals surface area contributed by atoms with E-state index in [1.54, 1.807) is 0 Å². The molecule has 1 aliphatic heterocycles. The molecule has 1 aliphatic rings. The van der Waals surface area contributed by atoms with Crippen molar-refractivity contribution in [3.05, 3.63) is 36.4 Å². The van der Waals surface area contributed by atoms with Gasteiger partial charge in [0, 0.05) is 11.3 Å². The van der Waals surface area contributed by atoms with E-state index in [-0.39, 0.29) is 0 Å². The highest BCUT2D eigenvalue weighted by Gasteiger charge is 2.50. The summed E-state index contributed by atoms with van der Waals surface area (Å²) in [4.78, 5) is 1.27. The van der Waals surface area contributed by atoms with E-state index in [1.165, 1.54) is 4.90 Å². The number of thioether (sulfide) groups is 1. The molecule has 1 unspecified atom stereocenters. The summed E-state index contributed by atoms with van der Waals surface area (Å²) in [5, 5.41) is 0. The molecule has 1 saturated heterocycles. The Morgan fingerprint density at radius 2 is 2.00 bits per heavy atom. The highest BCUT2D eigenvalue weighted by molar-refractivity contribution is 7.99. The van der Waals surface area contributed by atoms with Crippen LogP contribution in [0, 0.1) is 6.10 Å². The van der Waals surface area contributed by atoms with Crippen LogP contribution in [0.1, 0.15) is 19.8 Å². The molecule has 2 nitrogen and oxygen atoms in total. The SMILES string of the molecule is C[C+]1CCC(CSc2ccccc2)(O[Si](C)(C)C)O1. The van der Waals surface area contributed by atoms with Crippen LogP contribution in [0.15, 0.2) is 35.2 Å². The van der Waals surface area contributed by atoms with Crippen LogP contribution in [-0.4, -0.2) is 19.9 Å². The second kappa shape index (κ2) is 5.91. The zero-order valence-corrected chi connectivity index (χ0v) is 14.0. The van der Waals surface area contributed by atoms with Gasteiger partial charge in [-0.3, -0.25) is 0 Å². The standard InChI is InChI=1S/C15H23O2SSi/c1-13-10-11-15(16-13,17-19(2,3)4)12-18-14-8-6-5-7-9-14/h5-9H,10-12H2,1-4H3/q+1. The molecule has 0 bridgehead atoms. The molecule has 2 rings (SSSR count). The molecule has 1 atom stereocenters. The lowest BCUT2D eigenvalue weighted by Gasteiger charge is -2.31. The molecule has 1 aromatic rings. The van der Waals surface area contributed by atoms with Crippen molar-refractivity contribution < 1.29 is 9.16 Å². The fourth-order valence-electron chi connectivity index (χ4n) is 2.26. The van der Waals surface area contributed by atoms with Gasteiger partial charge in [0.05, 0.1) is 5.75 Å². The van der Waals surface area contributed by atoms with Crippen molar-refractivity contribution in [3.63, 3.8) is 0 Å². The molecule has 4 heteroatoms. The van der Waals surface area contributed by atoms with Crippen LogP contribution in [0.5, 0.6) is 0 Å². The van der Waals surface area contributed by atoms with Gasteiger partial charge in [0.1, 0.15) is 13.3 Å². The van der Waals surface area contributed by atoms with Crippen molar-refractivity contribution in [1.82, 2.24) is 0 Å². The maximum atomic E-state index is 6.35. The van der Waals surface area contributed by atoms with Gasteiger partial charge in [-0.1, -0.05) is 18.2 Å². The molecule has 1 heterocycles. The maximum absolute atomic E-state index is 6.35. The van der Waals surface area contributed by atoms with Gasteiger partial charge in [0.15, 0.2) is 8.32 Å². The molecule has 0 aliphatic carbocycles. The van der Waals surface area contributed by atoms with Crippen molar-refractivity contribution >= 4 is 20.1 Å². The molecule has 19 heavy (non-hydrogen) atoms. The summed E-state index contributed by atoms with van der Waals surface area (Å²) in [5.74, 6) is 0.452. The lowest BCUT2D eigenvalue weighted by atomic mass is 10.2. The van der Waals surface area contributed by atoms with Gasteiger partial charge in [-0.05, 0) is 31.8 Å². The second-order valence-electron chi connectivity index (χ2n) is 6.03. The molecule has 104 valence electrons. The third-order valence-electron chi connectivity index (χ3n) is 2.91. The van der Waals surface area contributed by atoms with Gasteiger partial charge in [-0.25, -0.2) is 0 Å². The fraction of sp³-hybridized carbons (Fsp3) is 0.533. The first-order valence-electron chi connectivity index (χ1n) is 6.78. The summed E-state index contributed by atoms with van der Waals surface area (Å²) in [5.41, 5.74) is 0. The summed E-state index contributed by atoms with van der Waals surface area (Å²) < 4.78 is 12.4. The van der Waals surface area contributed by atoms with Crippen molar-refractivity contribution in [2.24, 2.45) is 0 Å². The Kier molecular flexibility index (Phi) is 4.66. The first-order chi connectivity index (χ1) is 8.89. The third-order valence-corrected chi connectivity index (χ3v) is 5.09. The summed E-state index contributed by atoms with van der Waals surface area (Å²) in [7, 11) is -1.61. The van der Waals surface area contributed by atoms with E-state index in [2.05, 4.69) is 50.8 Å². The highest BCUT2D eigenvalue weighted by atomic mass is 32.2. The van der Waals surface area contributed by atoms with Crippen molar-refractivity contribution in [3.8, 4) is 0 Å². The van der Waals surface area contributed by atoms with Gasteiger partial charge in [0.2, 0.25) is 11.9 Å². The Morgan fingerprint density at radius 1 is 1.32 bits per heavy atom. The molecular formula is C15H23O2SSi+. The fourth-order valence-corrected chi connectivity index (χ4v) is 4.69. The normalized spacial score (nSPS) is 23.9. The van der Waals surface area contributed by atoms with E-state index in [9.17, 15) is 0 Å². The Bertz CT molecular complexity index is 404. The van der Waals surface area contributed by atoms with Crippen molar-refractivity contribution in [1.29, 1.82) is 0 Å². The number of hydrogen-bond acceptors (Lipinski definition) is 3. The van der Waals surface area contributed by atoms with Gasteiger partial charge in [0.25, 0.3) is 0 Å². The maximum Gasteiger partial charge on any atom is 0.242 e. The predicted octanol–water partition coefficient (Wildman–Crippen LogP) is 4.69. The van der Waals surface area contributed by atoms with Crippen LogP contribution in [-0.2, 0) is 9.16 Å². The van der Waals surface area contributed by atoms with Crippen LogP contribution in [0.2, 0.25) is 19.6 Å². The third kappa shape index (κ3) is 4.56. The summed E-state index contributed by atoms with van der Waals surface area (Å²) >= 11 is 1.82. The topological polar surface area (TPSA) is 18.5 Å². The zero-order valence-electron chi connectivity index (χ0n) is 12.2. The minimum Gasteiger partial charge on any atom is -0.387 e. The number of benzene rings is 1. The Morgan fingerprint density at radius 3 is 2.53 bits per heavy atom. The van der Waals surface area contributed by atoms with Gasteiger partial charge in [-0.2, -0.15) is 4.74 Å². The molecule has 0 amide bonds. The van der Waals surface area contributed by atoms with Gasteiger partial charge in [-0.15, -0.1) is 11.8 Å². The average molecular weight is 296 g/mol. The predicted molar refractivity (Wildman–Crippen MR) is 83.6 cm³/mol. The van der Waals surface area contributed by atoms with Crippen LogP contribution in [0.25, 0.3) is 0 Å². The highest BCUT2D eigenvalue weighted by Crippen LogP contribution is 2.40. The average Bonchev–Trinajstić information content (AvgIpc) is 2.68. The Hall–Kier alpha value is -0.423. The lowest BCUT2D eigenvalue weighted by Crippen LogP contribution is -2.44. The van der Waals surface area contributed by atoms with Crippen molar-refractivity contribution in [2.45, 2.75) is 50.1 Å². The van der Waals surface area contributed by atoms with Crippen molar-refractivity contribution in [2.75, 3.05) is 5.75 Å². The first kappa shape index (κ1) is 15.0. The van der Waals surface area contributed by atoms with E-state index in [4.69, 9.17) is 9.16 Å². The minimum atomic E-state index is -1.61. The molecule has 0 spiro atoms. The molecule has 0 N–H and O–H groups in total. The molecular weight excluding hydrogens is 272 g/mol. The smallest absolute Gasteiger partial charge is 0.242 e. The summed E-state index contributed by atoms with van der Waals surface area (Å²) in [6.45, 7) is 8.72. The van der Waals surface area contributed by atoms with Crippen LogP contribution >= 0.6 is 11.8 Å². The molecule has 1 fully saturated rings. The van der Waals surface area contributed by atoms with E-state index >= 15 is 0 Å². The molecule has 1 aromatic carbocycles. The quantitative estimate of drug-likeness (QED) is 0.446. The monoisotopic (exact) mass is 295 g/mol.